The van der Waals surface area contributed by atoms with E-state index >= 15 is 0 Å². The van der Waals surface area contributed by atoms with E-state index < -0.39 is 5.41 Å². The molecule has 0 atom stereocenters. The third kappa shape index (κ3) is 4.33. The van der Waals surface area contributed by atoms with Gasteiger partial charge in [0.05, 0.1) is 6.61 Å². The number of amidine groups is 1. The molecule has 1 aliphatic rings. The first-order valence-electron chi connectivity index (χ1n) is 7.97. The number of hydrogen-bond acceptors (Lipinski definition) is 4. The van der Waals surface area contributed by atoms with E-state index in [0.717, 1.165) is 25.7 Å². The summed E-state index contributed by atoms with van der Waals surface area (Å²) < 4.78 is 5.34. The van der Waals surface area contributed by atoms with E-state index in [-0.39, 0.29) is 11.7 Å². The highest BCUT2D eigenvalue weighted by Crippen LogP contribution is 2.37. The fraction of sp³-hybridized carbons (Fsp3) is 0.867. The van der Waals surface area contributed by atoms with Crippen molar-refractivity contribution >= 4 is 11.7 Å². The second-order valence-corrected chi connectivity index (χ2v) is 5.56. The van der Waals surface area contributed by atoms with Crippen molar-refractivity contribution in [1.82, 2.24) is 4.90 Å². The fourth-order valence-corrected chi connectivity index (χ4v) is 3.03. The summed E-state index contributed by atoms with van der Waals surface area (Å²) in [5, 5.41) is 12.3. The van der Waals surface area contributed by atoms with Crippen molar-refractivity contribution in [1.29, 1.82) is 0 Å². The number of hydrogen-bond donors (Lipinski definition) is 2. The van der Waals surface area contributed by atoms with Crippen molar-refractivity contribution in [3.05, 3.63) is 0 Å². The third-order valence-corrected chi connectivity index (χ3v) is 4.34. The average molecular weight is 299 g/mol. The monoisotopic (exact) mass is 299 g/mol. The molecule has 0 heterocycles. The molecule has 1 amide bonds. The van der Waals surface area contributed by atoms with Crippen LogP contribution in [0.4, 0.5) is 0 Å². The quantitative estimate of drug-likeness (QED) is 0.188. The molecule has 1 aliphatic carbocycles. The van der Waals surface area contributed by atoms with E-state index in [0.29, 0.717) is 39.1 Å². The standard InChI is InChI=1S/C15H29N3O3/c1-3-18(11-12-21-4-2)14(19)15(13(16)17-20)9-7-5-6-8-10-15/h20H,3-12H2,1-2H3,(H2,16,17). The number of rotatable bonds is 7. The minimum absolute atomic E-state index is 0.0260. The maximum Gasteiger partial charge on any atom is 0.236 e. The number of carbonyl (C=O) groups excluding carboxylic acids is 1. The summed E-state index contributed by atoms with van der Waals surface area (Å²) in [5.74, 6) is 0.0335. The van der Waals surface area contributed by atoms with Gasteiger partial charge in [0.25, 0.3) is 0 Å². The Kier molecular flexibility index (Phi) is 7.50. The lowest BCUT2D eigenvalue weighted by Gasteiger charge is -2.35. The van der Waals surface area contributed by atoms with Gasteiger partial charge in [-0.05, 0) is 26.7 Å². The summed E-state index contributed by atoms with van der Waals surface area (Å²) in [6.07, 6.45) is 5.38. The summed E-state index contributed by atoms with van der Waals surface area (Å²) in [6, 6.07) is 0. The summed E-state index contributed by atoms with van der Waals surface area (Å²) in [6.45, 7) is 6.18. The largest absolute Gasteiger partial charge is 0.409 e. The predicted octanol–water partition coefficient (Wildman–Crippen LogP) is 1.96. The Morgan fingerprint density at radius 1 is 1.29 bits per heavy atom. The molecule has 0 unspecified atom stereocenters. The van der Waals surface area contributed by atoms with Crippen LogP contribution in [0.3, 0.4) is 0 Å². The van der Waals surface area contributed by atoms with Crippen LogP contribution in [0.15, 0.2) is 5.16 Å². The number of amides is 1. The van der Waals surface area contributed by atoms with Gasteiger partial charge in [0.1, 0.15) is 5.41 Å². The number of nitrogens with two attached hydrogens (primary N) is 1. The smallest absolute Gasteiger partial charge is 0.236 e. The van der Waals surface area contributed by atoms with Gasteiger partial charge in [0.2, 0.25) is 5.91 Å². The highest BCUT2D eigenvalue weighted by molar-refractivity contribution is 6.06. The number of likely N-dealkylation sites (N-methyl/N-ethyl adjacent to an activating group) is 1. The maximum atomic E-state index is 13.0. The Hall–Kier alpha value is -1.30. The molecule has 1 fully saturated rings. The van der Waals surface area contributed by atoms with Crippen LogP contribution in [0.5, 0.6) is 0 Å². The van der Waals surface area contributed by atoms with E-state index in [2.05, 4.69) is 5.16 Å². The molecule has 3 N–H and O–H groups in total. The molecule has 6 heteroatoms. The molecule has 0 aliphatic heterocycles. The topological polar surface area (TPSA) is 88.2 Å². The van der Waals surface area contributed by atoms with Gasteiger partial charge in [-0.15, -0.1) is 0 Å². The van der Waals surface area contributed by atoms with Crippen LogP contribution in [0.25, 0.3) is 0 Å². The summed E-state index contributed by atoms with van der Waals surface area (Å²) in [4.78, 5) is 14.8. The van der Waals surface area contributed by atoms with E-state index in [9.17, 15) is 4.79 Å². The molecule has 0 aromatic carbocycles. The third-order valence-electron chi connectivity index (χ3n) is 4.34. The van der Waals surface area contributed by atoms with Crippen LogP contribution in [0, 0.1) is 5.41 Å². The molecule has 21 heavy (non-hydrogen) atoms. The predicted molar refractivity (Wildman–Crippen MR) is 82.3 cm³/mol. The molecule has 1 saturated carbocycles. The second kappa shape index (κ2) is 8.87. The highest BCUT2D eigenvalue weighted by atomic mass is 16.5. The highest BCUT2D eigenvalue weighted by Gasteiger charge is 2.44. The van der Waals surface area contributed by atoms with Crippen LogP contribution in [0.2, 0.25) is 0 Å². The lowest BCUT2D eigenvalue weighted by molar-refractivity contribution is -0.139. The lowest BCUT2D eigenvalue weighted by atomic mass is 9.77. The van der Waals surface area contributed by atoms with E-state index in [1.54, 1.807) is 4.90 Å². The summed E-state index contributed by atoms with van der Waals surface area (Å²) >= 11 is 0. The molecule has 1 rings (SSSR count). The van der Waals surface area contributed by atoms with Gasteiger partial charge in [-0.3, -0.25) is 4.79 Å². The van der Waals surface area contributed by atoms with Gasteiger partial charge in [-0.1, -0.05) is 30.8 Å². The van der Waals surface area contributed by atoms with E-state index in [1.807, 2.05) is 13.8 Å². The first kappa shape index (κ1) is 17.8. The van der Waals surface area contributed by atoms with Crippen molar-refractivity contribution in [2.24, 2.45) is 16.3 Å². The van der Waals surface area contributed by atoms with Gasteiger partial charge in [0, 0.05) is 19.7 Å². The Morgan fingerprint density at radius 2 is 1.90 bits per heavy atom. The number of oxime groups is 1. The van der Waals surface area contributed by atoms with Gasteiger partial charge in [-0.2, -0.15) is 0 Å². The Labute approximate surface area is 127 Å². The molecule has 122 valence electrons. The van der Waals surface area contributed by atoms with Crippen LogP contribution in [-0.2, 0) is 9.53 Å². The number of carbonyl (C=O) groups is 1. The number of ether oxygens (including phenoxy) is 1. The molecule has 0 aromatic rings. The van der Waals surface area contributed by atoms with Crippen LogP contribution < -0.4 is 5.73 Å². The van der Waals surface area contributed by atoms with Crippen molar-refractivity contribution in [2.75, 3.05) is 26.3 Å². The van der Waals surface area contributed by atoms with Gasteiger partial charge in [-0.25, -0.2) is 0 Å². The summed E-state index contributed by atoms with van der Waals surface area (Å²) in [5.41, 5.74) is 5.08. The van der Waals surface area contributed by atoms with Gasteiger partial charge >= 0.3 is 0 Å². The molecule has 0 radical (unpaired) electrons. The first-order valence-corrected chi connectivity index (χ1v) is 7.97. The second-order valence-electron chi connectivity index (χ2n) is 5.56. The molecule has 0 bridgehead atoms. The molecule has 0 aromatic heterocycles. The fourth-order valence-electron chi connectivity index (χ4n) is 3.03. The van der Waals surface area contributed by atoms with Crippen molar-refractivity contribution < 1.29 is 14.7 Å². The van der Waals surface area contributed by atoms with E-state index in [1.165, 1.54) is 0 Å². The van der Waals surface area contributed by atoms with E-state index in [4.69, 9.17) is 15.7 Å². The molecular formula is C15H29N3O3. The van der Waals surface area contributed by atoms with Gasteiger partial charge in [0.15, 0.2) is 5.84 Å². The van der Waals surface area contributed by atoms with Crippen LogP contribution in [-0.4, -0.2) is 48.2 Å². The zero-order valence-corrected chi connectivity index (χ0v) is 13.3. The Morgan fingerprint density at radius 3 is 2.38 bits per heavy atom. The lowest BCUT2D eigenvalue weighted by Crippen LogP contribution is -2.52. The SMILES string of the molecule is CCOCCN(CC)C(=O)C1(C(N)=NO)CCCCCC1. The Balaban J connectivity index is 2.92. The van der Waals surface area contributed by atoms with Crippen molar-refractivity contribution in [3.63, 3.8) is 0 Å². The zero-order chi connectivity index (χ0) is 15.7. The zero-order valence-electron chi connectivity index (χ0n) is 13.3. The van der Waals surface area contributed by atoms with Crippen LogP contribution in [0.1, 0.15) is 52.4 Å². The molecule has 0 saturated heterocycles. The molecule has 0 spiro atoms. The molecular weight excluding hydrogens is 270 g/mol. The normalized spacial score (nSPS) is 19.0. The van der Waals surface area contributed by atoms with Gasteiger partial charge < -0.3 is 20.6 Å². The van der Waals surface area contributed by atoms with Crippen molar-refractivity contribution in [2.45, 2.75) is 52.4 Å². The minimum Gasteiger partial charge on any atom is -0.409 e. The Bertz CT molecular complexity index is 350. The van der Waals surface area contributed by atoms with Crippen LogP contribution >= 0.6 is 0 Å². The first-order chi connectivity index (χ1) is 10.1. The van der Waals surface area contributed by atoms with Crippen molar-refractivity contribution in [3.8, 4) is 0 Å². The summed E-state index contributed by atoms with van der Waals surface area (Å²) in [7, 11) is 0. The average Bonchev–Trinajstić information content (AvgIpc) is 2.77. The number of nitrogens with zero attached hydrogens (tertiary/aromatic N) is 2. The molecule has 6 nitrogen and oxygen atoms in total. The maximum absolute atomic E-state index is 13.0. The minimum atomic E-state index is -0.840.